The molecular weight excluding hydrogens is 336 g/mol. The number of nitrogens with two attached hydrogens (primary N) is 1. The molecule has 0 amide bonds. The van der Waals surface area contributed by atoms with Crippen molar-refractivity contribution in [3.05, 3.63) is 18.2 Å². The van der Waals surface area contributed by atoms with Gasteiger partial charge in [-0.2, -0.15) is 0 Å². The van der Waals surface area contributed by atoms with Crippen molar-refractivity contribution in [1.82, 2.24) is 9.21 Å². The third kappa shape index (κ3) is 5.33. The quantitative estimate of drug-likeness (QED) is 0.709. The minimum atomic E-state index is -0.846. The highest BCUT2D eigenvalue weighted by molar-refractivity contribution is 7.81. The molecule has 1 aromatic carbocycles. The zero-order valence-electron chi connectivity index (χ0n) is 15.9. The van der Waals surface area contributed by atoms with E-state index in [1.165, 1.54) is 0 Å². The van der Waals surface area contributed by atoms with Crippen molar-refractivity contribution in [2.45, 2.75) is 26.3 Å². The van der Waals surface area contributed by atoms with Crippen LogP contribution >= 0.6 is 0 Å². The lowest BCUT2D eigenvalue weighted by Gasteiger charge is -2.37. The maximum Gasteiger partial charge on any atom is 0.143 e. The molecule has 0 aliphatic carbocycles. The summed E-state index contributed by atoms with van der Waals surface area (Å²) in [6.45, 7) is 10.1. The highest BCUT2D eigenvalue weighted by atomic mass is 32.2. The van der Waals surface area contributed by atoms with Crippen LogP contribution in [0.5, 0.6) is 5.75 Å². The second-order valence-electron chi connectivity index (χ2n) is 6.53. The van der Waals surface area contributed by atoms with Crippen LogP contribution in [-0.4, -0.2) is 72.1 Å². The van der Waals surface area contributed by atoms with E-state index in [9.17, 15) is 4.21 Å². The lowest BCUT2D eigenvalue weighted by atomic mass is 10.1. The third-order valence-electron chi connectivity index (χ3n) is 5.04. The van der Waals surface area contributed by atoms with Crippen LogP contribution in [-0.2, 0) is 11.0 Å². The first-order valence-electron chi connectivity index (χ1n) is 8.97. The number of nitrogens with zero attached hydrogens (tertiary/aromatic N) is 3. The molecule has 1 fully saturated rings. The first kappa shape index (κ1) is 20.0. The van der Waals surface area contributed by atoms with E-state index in [0.717, 1.165) is 57.1 Å². The van der Waals surface area contributed by atoms with Crippen LogP contribution in [0.15, 0.2) is 18.2 Å². The van der Waals surface area contributed by atoms with Crippen molar-refractivity contribution < 1.29 is 8.95 Å². The van der Waals surface area contributed by atoms with Crippen LogP contribution in [0.1, 0.15) is 20.3 Å². The summed E-state index contributed by atoms with van der Waals surface area (Å²) in [7, 11) is 0.803. The normalized spacial score (nSPS) is 18.7. The summed E-state index contributed by atoms with van der Waals surface area (Å²) in [5.74, 6) is 0.729. The van der Waals surface area contributed by atoms with Crippen molar-refractivity contribution >= 4 is 22.4 Å². The molecule has 0 bridgehead atoms. The molecule has 0 saturated carbocycles. The maximum absolute atomic E-state index is 11.6. The standard InChI is InChI=1S/C18H32N4O2S/c1-5-20(16-6-7-17(19)18(14-16)24-3)9-8-15(2)21-10-12-22(13-11-21)25(4)23/h6-7,14-15H,5,8-13,19H2,1-4H3. The second-order valence-corrected chi connectivity index (χ2v) is 7.90. The van der Waals surface area contributed by atoms with Gasteiger partial charge >= 0.3 is 0 Å². The van der Waals surface area contributed by atoms with Gasteiger partial charge in [0, 0.05) is 63.3 Å². The van der Waals surface area contributed by atoms with Crippen LogP contribution in [0.4, 0.5) is 11.4 Å². The summed E-state index contributed by atoms with van der Waals surface area (Å²) in [5.41, 5.74) is 7.73. The van der Waals surface area contributed by atoms with E-state index in [1.807, 2.05) is 16.4 Å². The molecule has 2 atom stereocenters. The fraction of sp³-hybridized carbons (Fsp3) is 0.667. The summed E-state index contributed by atoms with van der Waals surface area (Å²) < 4.78 is 18.9. The fourth-order valence-electron chi connectivity index (χ4n) is 3.29. The zero-order valence-corrected chi connectivity index (χ0v) is 16.7. The van der Waals surface area contributed by atoms with Gasteiger partial charge in [0.25, 0.3) is 0 Å². The van der Waals surface area contributed by atoms with Gasteiger partial charge in [-0.1, -0.05) is 0 Å². The van der Waals surface area contributed by atoms with Crippen LogP contribution in [0, 0.1) is 0 Å². The molecule has 0 aromatic heterocycles. The van der Waals surface area contributed by atoms with Gasteiger partial charge < -0.3 is 15.4 Å². The molecule has 6 nitrogen and oxygen atoms in total. The van der Waals surface area contributed by atoms with Crippen LogP contribution < -0.4 is 15.4 Å². The Morgan fingerprint density at radius 3 is 2.56 bits per heavy atom. The predicted octanol–water partition coefficient (Wildman–Crippen LogP) is 1.79. The Balaban J connectivity index is 1.89. The second kappa shape index (κ2) is 9.40. The number of rotatable bonds is 8. The van der Waals surface area contributed by atoms with Gasteiger partial charge in [-0.05, 0) is 32.4 Å². The van der Waals surface area contributed by atoms with Crippen LogP contribution in [0.3, 0.4) is 0 Å². The Morgan fingerprint density at radius 2 is 2.00 bits per heavy atom. The van der Waals surface area contributed by atoms with E-state index < -0.39 is 11.0 Å². The summed E-state index contributed by atoms with van der Waals surface area (Å²) in [4.78, 5) is 4.86. The third-order valence-corrected chi connectivity index (χ3v) is 6.13. The molecule has 1 aliphatic rings. The number of anilines is 2. The van der Waals surface area contributed by atoms with Gasteiger partial charge in [-0.15, -0.1) is 0 Å². The Kier molecular flexibility index (Phi) is 7.53. The van der Waals surface area contributed by atoms with E-state index in [1.54, 1.807) is 13.4 Å². The molecule has 1 saturated heterocycles. The Labute approximate surface area is 154 Å². The van der Waals surface area contributed by atoms with Crippen molar-refractivity contribution in [3.8, 4) is 5.75 Å². The number of piperazine rings is 1. The molecule has 7 heteroatoms. The molecule has 142 valence electrons. The summed E-state index contributed by atoms with van der Waals surface area (Å²) in [6.07, 6.45) is 2.86. The average Bonchev–Trinajstić information content (AvgIpc) is 2.63. The summed E-state index contributed by atoms with van der Waals surface area (Å²) >= 11 is 0. The number of ether oxygens (including phenoxy) is 1. The molecule has 2 rings (SSSR count). The van der Waals surface area contributed by atoms with Crippen molar-refractivity contribution in [2.75, 3.05) is 63.3 Å². The maximum atomic E-state index is 11.6. The Morgan fingerprint density at radius 1 is 1.32 bits per heavy atom. The smallest absolute Gasteiger partial charge is 0.143 e. The monoisotopic (exact) mass is 368 g/mol. The highest BCUT2D eigenvalue weighted by Crippen LogP contribution is 2.27. The van der Waals surface area contributed by atoms with Crippen molar-refractivity contribution in [3.63, 3.8) is 0 Å². The van der Waals surface area contributed by atoms with E-state index in [0.29, 0.717) is 11.7 Å². The van der Waals surface area contributed by atoms with E-state index >= 15 is 0 Å². The van der Waals surface area contributed by atoms with Crippen molar-refractivity contribution in [2.24, 2.45) is 0 Å². The molecular formula is C18H32N4O2S. The molecule has 25 heavy (non-hydrogen) atoms. The SMILES string of the molecule is CCN(CCC(C)N1CCN(S(C)=O)CC1)c1ccc(N)c(OC)c1. The lowest BCUT2D eigenvalue weighted by Crippen LogP contribution is -2.50. The summed E-state index contributed by atoms with van der Waals surface area (Å²) in [6, 6.07) is 6.49. The summed E-state index contributed by atoms with van der Waals surface area (Å²) in [5, 5.41) is 0. The van der Waals surface area contributed by atoms with E-state index in [4.69, 9.17) is 10.5 Å². The van der Waals surface area contributed by atoms with Gasteiger partial charge in [-0.3, -0.25) is 4.90 Å². The number of nitrogen functional groups attached to an aromatic ring is 1. The molecule has 1 aliphatic heterocycles. The van der Waals surface area contributed by atoms with E-state index in [2.05, 4.69) is 29.7 Å². The van der Waals surface area contributed by atoms with Gasteiger partial charge in [0.1, 0.15) is 5.75 Å². The molecule has 1 heterocycles. The minimum absolute atomic E-state index is 0.511. The molecule has 2 unspecified atom stereocenters. The van der Waals surface area contributed by atoms with E-state index in [-0.39, 0.29) is 0 Å². The zero-order chi connectivity index (χ0) is 18.4. The molecule has 1 aromatic rings. The van der Waals surface area contributed by atoms with Crippen LogP contribution in [0.25, 0.3) is 0 Å². The first-order valence-corrected chi connectivity index (χ1v) is 10.5. The molecule has 0 radical (unpaired) electrons. The largest absolute Gasteiger partial charge is 0.495 e. The number of hydrogen-bond donors (Lipinski definition) is 1. The minimum Gasteiger partial charge on any atom is -0.495 e. The highest BCUT2D eigenvalue weighted by Gasteiger charge is 2.23. The number of benzene rings is 1. The number of hydrogen-bond acceptors (Lipinski definition) is 5. The first-order chi connectivity index (χ1) is 12.0. The van der Waals surface area contributed by atoms with Crippen LogP contribution in [0.2, 0.25) is 0 Å². The topological polar surface area (TPSA) is 62.0 Å². The van der Waals surface area contributed by atoms with Gasteiger partial charge in [0.15, 0.2) is 0 Å². The molecule has 2 N–H and O–H groups in total. The van der Waals surface area contributed by atoms with Gasteiger partial charge in [0.05, 0.1) is 23.8 Å². The fourth-order valence-corrected chi connectivity index (χ4v) is 3.97. The average molecular weight is 369 g/mol. The molecule has 0 spiro atoms. The Hall–Kier alpha value is -1.31. The van der Waals surface area contributed by atoms with Crippen molar-refractivity contribution in [1.29, 1.82) is 0 Å². The van der Waals surface area contributed by atoms with Gasteiger partial charge in [-0.25, -0.2) is 8.51 Å². The predicted molar refractivity (Wildman–Crippen MR) is 107 cm³/mol. The lowest BCUT2D eigenvalue weighted by molar-refractivity contribution is 0.144. The van der Waals surface area contributed by atoms with Gasteiger partial charge in [0.2, 0.25) is 0 Å². The Bertz CT molecular complexity index is 576. The number of methoxy groups -OCH3 is 1.